The fraction of sp³-hybridized carbons (Fsp3) is 0.375. The number of unbranched alkanes of at least 4 members (excludes halogenated alkanes) is 1. The Hall–Kier alpha value is -1.88. The molecule has 0 saturated carbocycles. The van der Waals surface area contributed by atoms with E-state index in [2.05, 4.69) is 52.1 Å². The molecule has 0 saturated heterocycles. The molecule has 0 aromatic carbocycles. The monoisotopic (exact) mass is 471 g/mol. The largest absolute Gasteiger partial charge is 0.396 e. The van der Waals surface area contributed by atoms with Crippen LogP contribution in [0.4, 0.5) is 5.69 Å². The number of fused-ring (bicyclic) bond motifs is 1. The number of allylic oxidation sites excluding steroid dienone is 1. The first-order valence-corrected chi connectivity index (χ1v) is 12.6. The molecule has 2 atom stereocenters. The van der Waals surface area contributed by atoms with Crippen molar-refractivity contribution in [2.45, 2.75) is 44.2 Å². The first-order chi connectivity index (χ1) is 15.2. The van der Waals surface area contributed by atoms with Crippen molar-refractivity contribution in [3.8, 4) is 11.8 Å². The van der Waals surface area contributed by atoms with Crippen molar-refractivity contribution in [2.24, 2.45) is 0 Å². The molecule has 0 aliphatic heterocycles. The van der Waals surface area contributed by atoms with Crippen LogP contribution in [0.15, 0.2) is 35.7 Å². The molecule has 3 aromatic heterocycles. The fourth-order valence-corrected chi connectivity index (χ4v) is 6.11. The van der Waals surface area contributed by atoms with Gasteiger partial charge >= 0.3 is 0 Å². The zero-order valence-electron chi connectivity index (χ0n) is 17.5. The van der Waals surface area contributed by atoms with Crippen LogP contribution >= 0.6 is 34.3 Å². The number of nitrogens with zero attached hydrogens (tertiary/aromatic N) is 1. The number of pyridine rings is 1. The lowest BCUT2D eigenvalue weighted by atomic mass is 9.86. The number of aliphatic hydroxyl groups excluding tert-OH is 1. The Morgan fingerprint density at radius 1 is 1.32 bits per heavy atom. The van der Waals surface area contributed by atoms with E-state index in [1.54, 1.807) is 22.7 Å². The van der Waals surface area contributed by atoms with Crippen molar-refractivity contribution in [3.05, 3.63) is 56.2 Å². The number of aliphatic hydroxyl groups is 1. The Morgan fingerprint density at radius 3 is 2.97 bits per heavy atom. The van der Waals surface area contributed by atoms with Gasteiger partial charge in [-0.2, -0.15) is 0 Å². The topological polar surface area (TPSA) is 57.2 Å². The van der Waals surface area contributed by atoms with Gasteiger partial charge < -0.3 is 15.7 Å². The first kappa shape index (κ1) is 22.3. The second kappa shape index (κ2) is 10.6. The number of nitrogens with one attached hydrogen (secondary N) is 2. The van der Waals surface area contributed by atoms with E-state index in [1.807, 2.05) is 13.1 Å². The van der Waals surface area contributed by atoms with Gasteiger partial charge in [-0.25, -0.2) is 4.98 Å². The van der Waals surface area contributed by atoms with Gasteiger partial charge in [0.15, 0.2) is 0 Å². The highest BCUT2D eigenvalue weighted by molar-refractivity contribution is 7.20. The van der Waals surface area contributed by atoms with Crippen molar-refractivity contribution < 1.29 is 5.11 Å². The van der Waals surface area contributed by atoms with Crippen LogP contribution in [0.1, 0.15) is 46.9 Å². The molecule has 0 unspecified atom stereocenters. The number of hydrogen-bond acceptors (Lipinski definition) is 6. The van der Waals surface area contributed by atoms with Crippen molar-refractivity contribution >= 4 is 50.2 Å². The number of likely N-dealkylation sites (N-methyl/N-ethyl adjacent to an activating group) is 1. The summed E-state index contributed by atoms with van der Waals surface area (Å²) < 4.78 is 1.10. The molecule has 1 aliphatic rings. The van der Waals surface area contributed by atoms with Crippen LogP contribution in [0.3, 0.4) is 0 Å². The Kier molecular flexibility index (Phi) is 7.65. The first-order valence-electron chi connectivity index (χ1n) is 10.5. The summed E-state index contributed by atoms with van der Waals surface area (Å²) in [4.78, 5) is 7.24. The predicted octanol–water partition coefficient (Wildman–Crippen LogP) is 5.77. The van der Waals surface area contributed by atoms with Gasteiger partial charge in [-0.3, -0.25) is 0 Å². The molecule has 7 heteroatoms. The molecule has 162 valence electrons. The lowest BCUT2D eigenvalue weighted by Gasteiger charge is -2.27. The molecule has 4 rings (SSSR count). The summed E-state index contributed by atoms with van der Waals surface area (Å²) in [6.45, 7) is 0.908. The zero-order chi connectivity index (χ0) is 21.6. The smallest absolute Gasteiger partial charge is 0.131 e. The number of aromatic nitrogens is 1. The maximum atomic E-state index is 9.11. The van der Waals surface area contributed by atoms with Crippen LogP contribution in [-0.4, -0.2) is 29.8 Å². The molecule has 3 heterocycles. The van der Waals surface area contributed by atoms with E-state index in [0.29, 0.717) is 30.0 Å². The van der Waals surface area contributed by atoms with Gasteiger partial charge in [0.2, 0.25) is 0 Å². The molecule has 3 aromatic rings. The summed E-state index contributed by atoms with van der Waals surface area (Å²) in [7, 11) is 2.03. The molecule has 0 amide bonds. The standard InChI is InChI=1S/C24H26ClN3OS2/c1-26-19-11-5-4-9-17(19)23-18(10-3-2-6-12-29)22-24(31-23)20(14-21(25)28-22)27-15-16-8-7-13-30-16/h4-5,7-8,13-14,17,19,26,29H,2,6,9,11-12,15H2,1H3,(H,27,28)/t17-,19-/m1/s1. The molecule has 0 bridgehead atoms. The molecule has 31 heavy (non-hydrogen) atoms. The highest BCUT2D eigenvalue weighted by atomic mass is 35.5. The number of anilines is 1. The minimum Gasteiger partial charge on any atom is -0.396 e. The maximum absolute atomic E-state index is 9.11. The summed E-state index contributed by atoms with van der Waals surface area (Å²) in [6, 6.07) is 6.47. The number of thiophene rings is 2. The van der Waals surface area contributed by atoms with Crippen molar-refractivity contribution in [3.63, 3.8) is 0 Å². The second-order valence-corrected chi connectivity index (χ2v) is 9.99. The summed E-state index contributed by atoms with van der Waals surface area (Å²) in [5.41, 5.74) is 2.87. The van der Waals surface area contributed by atoms with Crippen LogP contribution in [0.2, 0.25) is 5.15 Å². The van der Waals surface area contributed by atoms with E-state index in [-0.39, 0.29) is 6.61 Å². The predicted molar refractivity (Wildman–Crippen MR) is 133 cm³/mol. The highest BCUT2D eigenvalue weighted by Gasteiger charge is 2.28. The van der Waals surface area contributed by atoms with Gasteiger partial charge in [-0.1, -0.05) is 41.7 Å². The molecule has 0 spiro atoms. The number of halogens is 1. The molecule has 0 radical (unpaired) electrons. The zero-order valence-corrected chi connectivity index (χ0v) is 19.8. The third kappa shape index (κ3) is 5.14. The van der Waals surface area contributed by atoms with E-state index in [4.69, 9.17) is 21.7 Å². The van der Waals surface area contributed by atoms with Gasteiger partial charge in [0.05, 0.1) is 16.0 Å². The van der Waals surface area contributed by atoms with Gasteiger partial charge in [-0.15, -0.1) is 22.7 Å². The summed E-state index contributed by atoms with van der Waals surface area (Å²) in [5, 5.41) is 18.7. The Labute approximate surface area is 196 Å². The van der Waals surface area contributed by atoms with Crippen molar-refractivity contribution in [1.82, 2.24) is 10.3 Å². The summed E-state index contributed by atoms with van der Waals surface area (Å²) in [6.07, 6.45) is 7.84. The van der Waals surface area contributed by atoms with Crippen LogP contribution < -0.4 is 10.6 Å². The SMILES string of the molecule is CN[C@@H]1CC=CC[C@H]1c1sc2c(NCc3cccs3)cc(Cl)nc2c1C#CCCCO. The van der Waals surface area contributed by atoms with E-state index >= 15 is 0 Å². The molecule has 3 N–H and O–H groups in total. The Bertz CT molecular complexity index is 1110. The molecule has 1 aliphatic carbocycles. The number of hydrogen-bond donors (Lipinski definition) is 3. The summed E-state index contributed by atoms with van der Waals surface area (Å²) in [5.74, 6) is 6.98. The van der Waals surface area contributed by atoms with Crippen molar-refractivity contribution in [1.29, 1.82) is 0 Å². The maximum Gasteiger partial charge on any atom is 0.131 e. The quantitative estimate of drug-likeness (QED) is 0.177. The summed E-state index contributed by atoms with van der Waals surface area (Å²) >= 11 is 9.96. The average molecular weight is 472 g/mol. The minimum absolute atomic E-state index is 0.155. The van der Waals surface area contributed by atoms with Crippen LogP contribution in [-0.2, 0) is 6.54 Å². The average Bonchev–Trinajstić information content (AvgIpc) is 3.43. The third-order valence-electron chi connectivity index (χ3n) is 5.48. The lowest BCUT2D eigenvalue weighted by molar-refractivity contribution is 0.290. The Morgan fingerprint density at radius 2 is 2.19 bits per heavy atom. The molecule has 4 nitrogen and oxygen atoms in total. The van der Waals surface area contributed by atoms with Gasteiger partial charge in [0, 0.05) is 47.4 Å². The van der Waals surface area contributed by atoms with Crippen LogP contribution in [0.5, 0.6) is 0 Å². The fourth-order valence-electron chi connectivity index (χ4n) is 3.90. The van der Waals surface area contributed by atoms with Gasteiger partial charge in [0.25, 0.3) is 0 Å². The second-order valence-electron chi connectivity index (χ2n) is 7.52. The minimum atomic E-state index is 0.155. The number of rotatable bonds is 7. The lowest BCUT2D eigenvalue weighted by Crippen LogP contribution is -2.33. The molecular formula is C24H26ClN3OS2. The van der Waals surface area contributed by atoms with Gasteiger partial charge in [-0.05, 0) is 37.8 Å². The van der Waals surface area contributed by atoms with E-state index < -0.39 is 0 Å². The molecular weight excluding hydrogens is 446 g/mol. The Balaban J connectivity index is 1.79. The van der Waals surface area contributed by atoms with Crippen molar-refractivity contribution in [2.75, 3.05) is 19.0 Å². The molecule has 0 fully saturated rings. The highest BCUT2D eigenvalue weighted by Crippen LogP contribution is 2.43. The third-order valence-corrected chi connectivity index (χ3v) is 7.90. The normalized spacial score (nSPS) is 18.2. The van der Waals surface area contributed by atoms with Gasteiger partial charge in [0.1, 0.15) is 10.7 Å². The van der Waals surface area contributed by atoms with E-state index in [9.17, 15) is 0 Å². The van der Waals surface area contributed by atoms with E-state index in [1.165, 1.54) is 9.75 Å². The van der Waals surface area contributed by atoms with Crippen LogP contribution in [0, 0.1) is 11.8 Å². The van der Waals surface area contributed by atoms with Crippen LogP contribution in [0.25, 0.3) is 10.2 Å². The van der Waals surface area contributed by atoms with E-state index in [0.717, 1.165) is 40.9 Å².